The van der Waals surface area contributed by atoms with Gasteiger partial charge in [0.15, 0.2) is 5.78 Å². The van der Waals surface area contributed by atoms with Crippen molar-refractivity contribution in [3.05, 3.63) is 88.6 Å². The molecular formula is C30H33NO. The van der Waals surface area contributed by atoms with E-state index in [2.05, 4.69) is 93.4 Å². The number of rotatable bonds is 3. The molecule has 2 aliphatic rings. The second-order valence-electron chi connectivity index (χ2n) is 10.7. The highest BCUT2D eigenvalue weighted by molar-refractivity contribution is 6.00. The Kier molecular flexibility index (Phi) is 4.81. The summed E-state index contributed by atoms with van der Waals surface area (Å²) < 4.78 is 0. The van der Waals surface area contributed by atoms with E-state index in [9.17, 15) is 4.79 Å². The van der Waals surface area contributed by atoms with Gasteiger partial charge in [-0.3, -0.25) is 4.79 Å². The zero-order valence-corrected chi connectivity index (χ0v) is 20.0. The van der Waals surface area contributed by atoms with Crippen LogP contribution in [0.2, 0.25) is 0 Å². The van der Waals surface area contributed by atoms with Gasteiger partial charge in [-0.05, 0) is 71.6 Å². The van der Waals surface area contributed by atoms with Gasteiger partial charge in [0, 0.05) is 29.4 Å². The molecule has 5 rings (SSSR count). The molecule has 0 saturated heterocycles. The molecule has 1 aliphatic heterocycles. The highest BCUT2D eigenvalue weighted by atomic mass is 16.1. The molecule has 1 heterocycles. The monoisotopic (exact) mass is 423 g/mol. The highest BCUT2D eigenvalue weighted by Gasteiger charge is 2.50. The first kappa shape index (κ1) is 21.0. The molecule has 3 aromatic rings. The molecule has 0 amide bonds. The van der Waals surface area contributed by atoms with E-state index in [1.54, 1.807) is 6.92 Å². The van der Waals surface area contributed by atoms with Gasteiger partial charge in [-0.15, -0.1) is 0 Å². The third-order valence-electron chi connectivity index (χ3n) is 7.60. The number of carbonyl (C=O) groups is 1. The Bertz CT molecular complexity index is 1240. The smallest absolute Gasteiger partial charge is 0.157 e. The van der Waals surface area contributed by atoms with E-state index in [4.69, 9.17) is 0 Å². The van der Waals surface area contributed by atoms with E-state index in [1.807, 2.05) is 0 Å². The quantitative estimate of drug-likeness (QED) is 0.448. The molecule has 32 heavy (non-hydrogen) atoms. The zero-order valence-electron chi connectivity index (χ0n) is 20.0. The first-order valence-electron chi connectivity index (χ1n) is 11.8. The summed E-state index contributed by atoms with van der Waals surface area (Å²) in [6.07, 6.45) is 3.93. The van der Waals surface area contributed by atoms with Gasteiger partial charge in [-0.2, -0.15) is 0 Å². The molecule has 0 aromatic heterocycles. The van der Waals surface area contributed by atoms with Crippen molar-refractivity contribution in [2.75, 3.05) is 11.9 Å². The van der Waals surface area contributed by atoms with Crippen molar-refractivity contribution in [1.82, 2.24) is 0 Å². The van der Waals surface area contributed by atoms with E-state index in [1.165, 1.54) is 38.8 Å². The summed E-state index contributed by atoms with van der Waals surface area (Å²) in [6.45, 7) is 8.52. The van der Waals surface area contributed by atoms with Crippen LogP contribution in [0.15, 0.2) is 71.9 Å². The molecule has 2 nitrogen and oxygen atoms in total. The molecule has 0 N–H and O–H groups in total. The molecule has 1 atom stereocenters. The molecule has 0 spiro atoms. The molecule has 0 saturated carbocycles. The van der Waals surface area contributed by atoms with Crippen LogP contribution in [0.5, 0.6) is 0 Å². The van der Waals surface area contributed by atoms with E-state index >= 15 is 0 Å². The van der Waals surface area contributed by atoms with Crippen LogP contribution in [-0.4, -0.2) is 12.8 Å². The van der Waals surface area contributed by atoms with Crippen LogP contribution in [-0.2, 0) is 22.0 Å². The van der Waals surface area contributed by atoms with Crippen LogP contribution in [0.1, 0.15) is 63.6 Å². The number of Topliss-reactive ketones (excluding diaryl/α,β-unsaturated/α-hetero) is 1. The maximum Gasteiger partial charge on any atom is 0.157 e. The molecule has 3 aromatic carbocycles. The Morgan fingerprint density at radius 3 is 2.41 bits per heavy atom. The van der Waals surface area contributed by atoms with E-state index in [0.29, 0.717) is 0 Å². The summed E-state index contributed by atoms with van der Waals surface area (Å²) in [5.41, 5.74) is 7.61. The van der Waals surface area contributed by atoms with Crippen LogP contribution < -0.4 is 4.90 Å². The molecule has 1 unspecified atom stereocenters. The van der Waals surface area contributed by atoms with Crippen molar-refractivity contribution in [2.45, 2.75) is 64.2 Å². The standard InChI is InChI=1S/C30H33NO/c1-20(32)24-11-8-18-30(19-21-12-15-23(16-13-21)29(2,3)4)27-25-10-7-6-9-22(25)14-17-26(27)31(5)28(24)30/h6-7,9-10,12-17H,8,11,18-19H2,1-5H3. The number of carbonyl (C=O) groups excluding carboxylic acids is 1. The van der Waals surface area contributed by atoms with Gasteiger partial charge in [-0.1, -0.05) is 75.4 Å². The van der Waals surface area contributed by atoms with Gasteiger partial charge in [-0.25, -0.2) is 0 Å². The molecular weight excluding hydrogens is 390 g/mol. The fourth-order valence-corrected chi connectivity index (χ4v) is 6.10. The Hall–Kier alpha value is -2.87. The predicted molar refractivity (Wildman–Crippen MR) is 134 cm³/mol. The summed E-state index contributed by atoms with van der Waals surface area (Å²) in [6, 6.07) is 22.4. The van der Waals surface area contributed by atoms with E-state index in [-0.39, 0.29) is 16.6 Å². The summed E-state index contributed by atoms with van der Waals surface area (Å²) in [7, 11) is 2.15. The Morgan fingerprint density at radius 1 is 1.00 bits per heavy atom. The highest BCUT2D eigenvalue weighted by Crippen LogP contribution is 2.57. The molecule has 0 fully saturated rings. The first-order chi connectivity index (χ1) is 15.2. The van der Waals surface area contributed by atoms with Crippen LogP contribution in [0.25, 0.3) is 10.8 Å². The Morgan fingerprint density at radius 2 is 1.72 bits per heavy atom. The topological polar surface area (TPSA) is 20.3 Å². The number of allylic oxidation sites excluding steroid dienone is 2. The van der Waals surface area contributed by atoms with E-state index < -0.39 is 0 Å². The van der Waals surface area contributed by atoms with Crippen LogP contribution in [0.4, 0.5) is 5.69 Å². The van der Waals surface area contributed by atoms with Crippen molar-refractivity contribution in [3.63, 3.8) is 0 Å². The third kappa shape index (κ3) is 3.11. The van der Waals surface area contributed by atoms with Crippen LogP contribution in [0, 0.1) is 0 Å². The largest absolute Gasteiger partial charge is 0.347 e. The summed E-state index contributed by atoms with van der Waals surface area (Å²) in [5, 5.41) is 2.60. The summed E-state index contributed by atoms with van der Waals surface area (Å²) >= 11 is 0. The van der Waals surface area contributed by atoms with Gasteiger partial charge >= 0.3 is 0 Å². The number of likely N-dealkylation sites (N-methyl/N-ethyl adjacent to an activating group) is 1. The van der Waals surface area contributed by atoms with Crippen LogP contribution >= 0.6 is 0 Å². The molecule has 2 heteroatoms. The molecule has 0 bridgehead atoms. The lowest BCUT2D eigenvalue weighted by atomic mass is 9.65. The summed E-state index contributed by atoms with van der Waals surface area (Å²) in [4.78, 5) is 15.1. The fraction of sp³-hybridized carbons (Fsp3) is 0.367. The van der Waals surface area contributed by atoms with Crippen molar-refractivity contribution >= 4 is 22.2 Å². The normalized spacial score (nSPS) is 20.5. The first-order valence-corrected chi connectivity index (χ1v) is 11.8. The SMILES string of the molecule is CC(=O)C1=C2N(C)c3ccc4ccccc4c3C2(Cc2ccc(C(C)(C)C)cc2)CCC1. The number of anilines is 1. The van der Waals surface area contributed by atoms with Gasteiger partial charge in [0.05, 0.1) is 0 Å². The number of ketones is 1. The number of fused-ring (bicyclic) bond motifs is 5. The Labute approximate surface area is 191 Å². The van der Waals surface area contributed by atoms with E-state index in [0.717, 1.165) is 31.3 Å². The van der Waals surface area contributed by atoms with Gasteiger partial charge in [0.2, 0.25) is 0 Å². The van der Waals surface area contributed by atoms with Crippen molar-refractivity contribution in [1.29, 1.82) is 0 Å². The van der Waals surface area contributed by atoms with Gasteiger partial charge in [0.1, 0.15) is 0 Å². The number of nitrogens with zero attached hydrogens (tertiary/aromatic N) is 1. The lowest BCUT2D eigenvalue weighted by molar-refractivity contribution is -0.114. The minimum absolute atomic E-state index is 0.144. The average molecular weight is 424 g/mol. The Balaban J connectivity index is 1.75. The van der Waals surface area contributed by atoms with Gasteiger partial charge < -0.3 is 4.90 Å². The van der Waals surface area contributed by atoms with Crippen molar-refractivity contribution in [2.24, 2.45) is 0 Å². The fourth-order valence-electron chi connectivity index (χ4n) is 6.10. The molecule has 164 valence electrons. The number of hydrogen-bond donors (Lipinski definition) is 0. The minimum Gasteiger partial charge on any atom is -0.347 e. The maximum atomic E-state index is 12.8. The second kappa shape index (κ2) is 7.33. The maximum absolute atomic E-state index is 12.8. The average Bonchev–Trinajstić information content (AvgIpc) is 3.02. The minimum atomic E-state index is -0.159. The van der Waals surface area contributed by atoms with Gasteiger partial charge in [0.25, 0.3) is 0 Å². The summed E-state index contributed by atoms with van der Waals surface area (Å²) in [5.74, 6) is 0.219. The number of benzene rings is 3. The third-order valence-corrected chi connectivity index (χ3v) is 7.60. The molecule has 0 radical (unpaired) electrons. The van der Waals surface area contributed by atoms with Crippen LogP contribution in [0.3, 0.4) is 0 Å². The lowest BCUT2D eigenvalue weighted by Gasteiger charge is -2.38. The zero-order chi connectivity index (χ0) is 22.7. The molecule has 1 aliphatic carbocycles. The number of hydrogen-bond acceptors (Lipinski definition) is 2. The van der Waals surface area contributed by atoms with Crippen molar-refractivity contribution in [3.8, 4) is 0 Å². The van der Waals surface area contributed by atoms with Crippen molar-refractivity contribution < 1.29 is 4.79 Å². The second-order valence-corrected chi connectivity index (χ2v) is 10.7. The predicted octanol–water partition coefficient (Wildman–Crippen LogP) is 7.09. The lowest BCUT2D eigenvalue weighted by Crippen LogP contribution is -2.37.